The van der Waals surface area contributed by atoms with Crippen molar-refractivity contribution >= 4 is 0 Å². The van der Waals surface area contributed by atoms with Gasteiger partial charge in [0.2, 0.25) is 0 Å². The first-order chi connectivity index (χ1) is 5.84. The summed E-state index contributed by atoms with van der Waals surface area (Å²) in [6, 6.07) is 0. The monoisotopic (exact) mass is 165 g/mol. The Morgan fingerprint density at radius 1 is 1.58 bits per heavy atom. The van der Waals surface area contributed by atoms with E-state index in [4.69, 9.17) is 0 Å². The normalized spacial score (nSPS) is 18.7. The summed E-state index contributed by atoms with van der Waals surface area (Å²) in [5.74, 6) is 0. The third-order valence-corrected chi connectivity index (χ3v) is 1.79. The van der Waals surface area contributed by atoms with E-state index in [-0.39, 0.29) is 0 Å². The van der Waals surface area contributed by atoms with Gasteiger partial charge in [0.05, 0.1) is 6.10 Å². The number of nitrogens with one attached hydrogen (secondary N) is 1. The molecule has 0 aromatic carbocycles. The van der Waals surface area contributed by atoms with E-state index in [1.165, 1.54) is 0 Å². The lowest BCUT2D eigenvalue weighted by atomic mass is 10.1. The van der Waals surface area contributed by atoms with Crippen molar-refractivity contribution in [3.8, 4) is 0 Å². The standard InChI is InChI=1S/C10H15NO/c1-11-8-10(12)9-6-4-2-3-5-7-9/h2,4-7,10-12H,3,8H2,1H3. The molecule has 1 unspecified atom stereocenters. The van der Waals surface area contributed by atoms with Crippen LogP contribution in [-0.4, -0.2) is 24.8 Å². The number of aliphatic hydroxyl groups is 1. The third kappa shape index (κ3) is 2.64. The quantitative estimate of drug-likeness (QED) is 0.654. The molecule has 1 aliphatic rings. The smallest absolute Gasteiger partial charge is 0.0914 e. The minimum Gasteiger partial charge on any atom is -0.387 e. The zero-order valence-electron chi connectivity index (χ0n) is 7.33. The summed E-state index contributed by atoms with van der Waals surface area (Å²) in [6.07, 6.45) is 10.6. The topological polar surface area (TPSA) is 32.3 Å². The van der Waals surface area contributed by atoms with Crippen LogP contribution in [0.1, 0.15) is 6.42 Å². The molecule has 1 atom stereocenters. The van der Waals surface area contributed by atoms with Gasteiger partial charge < -0.3 is 10.4 Å². The fourth-order valence-corrected chi connectivity index (χ4v) is 1.13. The average Bonchev–Trinajstić information content (AvgIpc) is 2.32. The molecular weight excluding hydrogens is 150 g/mol. The minimum atomic E-state index is -0.394. The molecule has 66 valence electrons. The molecule has 0 aromatic heterocycles. The molecule has 0 aromatic rings. The largest absolute Gasteiger partial charge is 0.387 e. The molecule has 2 heteroatoms. The molecule has 0 aliphatic heterocycles. The van der Waals surface area contributed by atoms with Crippen molar-refractivity contribution in [2.75, 3.05) is 13.6 Å². The molecule has 0 bridgehead atoms. The van der Waals surface area contributed by atoms with Gasteiger partial charge in [-0.1, -0.05) is 30.4 Å². The van der Waals surface area contributed by atoms with Crippen molar-refractivity contribution in [3.05, 3.63) is 36.0 Å². The summed E-state index contributed by atoms with van der Waals surface area (Å²) in [5.41, 5.74) is 0.970. The van der Waals surface area contributed by atoms with Gasteiger partial charge in [0.15, 0.2) is 0 Å². The number of allylic oxidation sites excluding steroid dienone is 4. The van der Waals surface area contributed by atoms with Gasteiger partial charge in [-0.2, -0.15) is 0 Å². The lowest BCUT2D eigenvalue weighted by Crippen LogP contribution is -2.24. The van der Waals surface area contributed by atoms with E-state index >= 15 is 0 Å². The third-order valence-electron chi connectivity index (χ3n) is 1.79. The maximum absolute atomic E-state index is 9.58. The second-order valence-electron chi connectivity index (χ2n) is 2.81. The second-order valence-corrected chi connectivity index (χ2v) is 2.81. The minimum absolute atomic E-state index is 0.394. The summed E-state index contributed by atoms with van der Waals surface area (Å²) in [5, 5.41) is 12.5. The Bertz CT molecular complexity index is 216. The van der Waals surface area contributed by atoms with Gasteiger partial charge >= 0.3 is 0 Å². The first kappa shape index (κ1) is 9.23. The molecule has 0 saturated heterocycles. The first-order valence-electron chi connectivity index (χ1n) is 4.20. The molecule has 0 fully saturated rings. The first-order valence-corrected chi connectivity index (χ1v) is 4.20. The summed E-state index contributed by atoms with van der Waals surface area (Å²) < 4.78 is 0. The van der Waals surface area contributed by atoms with Crippen molar-refractivity contribution in [2.45, 2.75) is 12.5 Å². The lowest BCUT2D eigenvalue weighted by molar-refractivity contribution is 0.214. The van der Waals surface area contributed by atoms with Crippen molar-refractivity contribution in [1.82, 2.24) is 5.32 Å². The van der Waals surface area contributed by atoms with E-state index in [0.29, 0.717) is 6.54 Å². The van der Waals surface area contributed by atoms with Gasteiger partial charge in [-0.3, -0.25) is 0 Å². The van der Waals surface area contributed by atoms with Crippen molar-refractivity contribution in [1.29, 1.82) is 0 Å². The van der Waals surface area contributed by atoms with Crippen LogP contribution < -0.4 is 5.32 Å². The van der Waals surface area contributed by atoms with E-state index in [0.717, 1.165) is 12.0 Å². The lowest BCUT2D eigenvalue weighted by Gasteiger charge is -2.09. The molecule has 0 spiro atoms. The predicted molar refractivity (Wildman–Crippen MR) is 50.9 cm³/mol. The maximum atomic E-state index is 9.58. The predicted octanol–water partition coefficient (Wildman–Crippen LogP) is 1.01. The Hall–Kier alpha value is -0.860. The Balaban J connectivity index is 2.59. The number of rotatable bonds is 3. The fourth-order valence-electron chi connectivity index (χ4n) is 1.13. The molecule has 0 radical (unpaired) electrons. The molecule has 12 heavy (non-hydrogen) atoms. The van der Waals surface area contributed by atoms with Crippen molar-refractivity contribution < 1.29 is 5.11 Å². The zero-order valence-corrected chi connectivity index (χ0v) is 7.33. The summed E-state index contributed by atoms with van der Waals surface area (Å²) in [6.45, 7) is 0.601. The summed E-state index contributed by atoms with van der Waals surface area (Å²) in [4.78, 5) is 0. The highest BCUT2D eigenvalue weighted by Crippen LogP contribution is 2.08. The van der Waals surface area contributed by atoms with Crippen molar-refractivity contribution in [3.63, 3.8) is 0 Å². The van der Waals surface area contributed by atoms with Crippen LogP contribution in [0.3, 0.4) is 0 Å². The molecular formula is C10H15NO. The fraction of sp³-hybridized carbons (Fsp3) is 0.400. The molecule has 1 rings (SSSR count). The molecule has 0 saturated carbocycles. The molecule has 1 aliphatic carbocycles. The van der Waals surface area contributed by atoms with E-state index in [1.54, 1.807) is 0 Å². The Kier molecular flexibility index (Phi) is 3.77. The van der Waals surface area contributed by atoms with E-state index in [2.05, 4.69) is 11.4 Å². The SMILES string of the molecule is CNCC(O)C1=CC=CCC=C1. The van der Waals surface area contributed by atoms with Crippen LogP contribution in [0.25, 0.3) is 0 Å². The van der Waals surface area contributed by atoms with Crippen LogP contribution in [-0.2, 0) is 0 Å². The molecule has 2 nitrogen and oxygen atoms in total. The van der Waals surface area contributed by atoms with Crippen LogP contribution in [0.2, 0.25) is 0 Å². The van der Waals surface area contributed by atoms with E-state index in [9.17, 15) is 5.11 Å². The van der Waals surface area contributed by atoms with Gasteiger partial charge in [-0.25, -0.2) is 0 Å². The average molecular weight is 165 g/mol. The number of hydrogen-bond donors (Lipinski definition) is 2. The number of likely N-dealkylation sites (N-methyl/N-ethyl adjacent to an activating group) is 1. The van der Waals surface area contributed by atoms with E-state index < -0.39 is 6.10 Å². The molecule has 0 amide bonds. The van der Waals surface area contributed by atoms with E-state index in [1.807, 2.05) is 31.4 Å². The Labute approximate surface area is 73.3 Å². The van der Waals surface area contributed by atoms with Gasteiger partial charge in [0.25, 0.3) is 0 Å². The number of hydrogen-bond acceptors (Lipinski definition) is 2. The summed E-state index contributed by atoms with van der Waals surface area (Å²) >= 11 is 0. The van der Waals surface area contributed by atoms with Crippen LogP contribution in [0.15, 0.2) is 36.0 Å². The van der Waals surface area contributed by atoms with Crippen molar-refractivity contribution in [2.24, 2.45) is 0 Å². The maximum Gasteiger partial charge on any atom is 0.0914 e. The van der Waals surface area contributed by atoms with Gasteiger partial charge in [0.1, 0.15) is 0 Å². The summed E-state index contributed by atoms with van der Waals surface area (Å²) in [7, 11) is 1.83. The second kappa shape index (κ2) is 4.91. The zero-order chi connectivity index (χ0) is 8.81. The van der Waals surface area contributed by atoms with Crippen LogP contribution in [0, 0.1) is 0 Å². The highest BCUT2D eigenvalue weighted by atomic mass is 16.3. The highest BCUT2D eigenvalue weighted by molar-refractivity contribution is 5.30. The molecule has 0 heterocycles. The van der Waals surface area contributed by atoms with Crippen LogP contribution in [0.4, 0.5) is 0 Å². The van der Waals surface area contributed by atoms with Crippen LogP contribution >= 0.6 is 0 Å². The molecule has 2 N–H and O–H groups in total. The van der Waals surface area contributed by atoms with Gasteiger partial charge in [-0.05, 0) is 19.0 Å². The number of aliphatic hydroxyl groups excluding tert-OH is 1. The van der Waals surface area contributed by atoms with Crippen LogP contribution in [0.5, 0.6) is 0 Å². The Morgan fingerprint density at radius 2 is 2.42 bits per heavy atom. The Morgan fingerprint density at radius 3 is 3.17 bits per heavy atom. The van der Waals surface area contributed by atoms with Gasteiger partial charge in [0, 0.05) is 6.54 Å². The van der Waals surface area contributed by atoms with Gasteiger partial charge in [-0.15, -0.1) is 0 Å². The highest BCUT2D eigenvalue weighted by Gasteiger charge is 2.05.